The average Bonchev–Trinajstić information content (AvgIpc) is 2.79. The second kappa shape index (κ2) is 5.39. The number of hydrogen-bond donors (Lipinski definition) is 1. The third-order valence-electron chi connectivity index (χ3n) is 2.64. The minimum atomic E-state index is -0.0705. The van der Waals surface area contributed by atoms with Crippen LogP contribution in [0.3, 0.4) is 0 Å². The van der Waals surface area contributed by atoms with E-state index in [2.05, 4.69) is 36.4 Å². The fourth-order valence-electron chi connectivity index (χ4n) is 1.53. The van der Waals surface area contributed by atoms with Crippen LogP contribution in [0.2, 0.25) is 10.0 Å². The van der Waals surface area contributed by atoms with Gasteiger partial charge < -0.3 is 5.32 Å². The van der Waals surface area contributed by atoms with Gasteiger partial charge in [0.15, 0.2) is 0 Å². The smallest absolute Gasteiger partial charge is 0.102 e. The van der Waals surface area contributed by atoms with Gasteiger partial charge >= 0.3 is 0 Å². The van der Waals surface area contributed by atoms with Crippen LogP contribution in [0.15, 0.2) is 24.4 Å². The van der Waals surface area contributed by atoms with E-state index in [4.69, 9.17) is 23.2 Å². The van der Waals surface area contributed by atoms with Crippen LogP contribution in [0.25, 0.3) is 0 Å². The molecule has 0 saturated heterocycles. The molecule has 6 heteroatoms. The highest BCUT2D eigenvalue weighted by Gasteiger charge is 2.15. The first kappa shape index (κ1) is 14.2. The molecule has 1 N–H and O–H groups in total. The number of anilines is 1. The molecule has 0 spiro atoms. The predicted octanol–water partition coefficient (Wildman–Crippen LogP) is 3.95. The zero-order chi connectivity index (χ0) is 14.0. The van der Waals surface area contributed by atoms with Crippen LogP contribution < -0.4 is 5.32 Å². The molecule has 0 atom stereocenters. The van der Waals surface area contributed by atoms with Crippen molar-refractivity contribution in [3.05, 3.63) is 40.1 Å². The predicted molar refractivity (Wildman–Crippen MR) is 78.8 cm³/mol. The molecule has 2 aromatic rings. The molecule has 0 aliphatic rings. The molecule has 0 amide bonds. The van der Waals surface area contributed by atoms with Crippen LogP contribution in [0.1, 0.15) is 26.5 Å². The lowest BCUT2D eigenvalue weighted by atomic mass is 10.1. The SMILES string of the molecule is CC(C)(C)n1cc(CNc2cccc(Cl)c2Cl)nn1. The normalized spacial score (nSPS) is 11.6. The Morgan fingerprint density at radius 1 is 1.26 bits per heavy atom. The highest BCUT2D eigenvalue weighted by Crippen LogP contribution is 2.29. The number of nitrogens with zero attached hydrogens (tertiary/aromatic N) is 3. The van der Waals surface area contributed by atoms with Gasteiger partial charge in [-0.2, -0.15) is 0 Å². The van der Waals surface area contributed by atoms with Crippen molar-refractivity contribution in [2.24, 2.45) is 0 Å². The summed E-state index contributed by atoms with van der Waals surface area (Å²) in [4.78, 5) is 0. The van der Waals surface area contributed by atoms with Gasteiger partial charge in [-0.3, -0.25) is 0 Å². The van der Waals surface area contributed by atoms with Crippen molar-refractivity contribution >= 4 is 28.9 Å². The Kier molecular flexibility index (Phi) is 4.02. The first-order valence-electron chi connectivity index (χ1n) is 5.97. The van der Waals surface area contributed by atoms with Gasteiger partial charge in [-0.15, -0.1) is 5.10 Å². The molecular weight excluding hydrogens is 283 g/mol. The second-order valence-corrected chi connectivity index (χ2v) is 6.07. The van der Waals surface area contributed by atoms with E-state index in [1.54, 1.807) is 6.07 Å². The first-order valence-corrected chi connectivity index (χ1v) is 6.73. The van der Waals surface area contributed by atoms with Crippen molar-refractivity contribution < 1.29 is 0 Å². The number of halogens is 2. The maximum Gasteiger partial charge on any atom is 0.102 e. The van der Waals surface area contributed by atoms with Crippen molar-refractivity contribution in [2.75, 3.05) is 5.32 Å². The second-order valence-electron chi connectivity index (χ2n) is 5.28. The third-order valence-corrected chi connectivity index (χ3v) is 3.46. The molecule has 102 valence electrons. The van der Waals surface area contributed by atoms with Gasteiger partial charge in [0.1, 0.15) is 5.69 Å². The Morgan fingerprint density at radius 2 is 2.00 bits per heavy atom. The summed E-state index contributed by atoms with van der Waals surface area (Å²) >= 11 is 12.1. The van der Waals surface area contributed by atoms with Crippen LogP contribution in [0.4, 0.5) is 5.69 Å². The molecule has 1 aromatic heterocycles. The van der Waals surface area contributed by atoms with Gasteiger partial charge in [0.25, 0.3) is 0 Å². The van der Waals surface area contributed by atoms with Crippen LogP contribution in [0.5, 0.6) is 0 Å². The number of rotatable bonds is 3. The molecule has 0 aliphatic heterocycles. The fourth-order valence-corrected chi connectivity index (χ4v) is 1.90. The van der Waals surface area contributed by atoms with E-state index in [9.17, 15) is 0 Å². The molecule has 0 bridgehead atoms. The van der Waals surface area contributed by atoms with Gasteiger partial charge in [-0.05, 0) is 32.9 Å². The minimum Gasteiger partial charge on any atom is -0.378 e. The number of aromatic nitrogens is 3. The van der Waals surface area contributed by atoms with E-state index in [1.165, 1.54) is 0 Å². The average molecular weight is 299 g/mol. The Balaban J connectivity index is 2.07. The van der Waals surface area contributed by atoms with Crippen LogP contribution in [-0.2, 0) is 12.1 Å². The summed E-state index contributed by atoms with van der Waals surface area (Å²) < 4.78 is 1.84. The topological polar surface area (TPSA) is 42.7 Å². The van der Waals surface area contributed by atoms with Crippen LogP contribution in [-0.4, -0.2) is 15.0 Å². The van der Waals surface area contributed by atoms with Crippen molar-refractivity contribution in [1.82, 2.24) is 15.0 Å². The van der Waals surface area contributed by atoms with Crippen molar-refractivity contribution in [1.29, 1.82) is 0 Å². The molecule has 0 unspecified atom stereocenters. The van der Waals surface area contributed by atoms with Crippen LogP contribution >= 0.6 is 23.2 Å². The standard InChI is InChI=1S/C13H16Cl2N4/c1-13(2,3)19-8-9(17-18-19)7-16-11-6-4-5-10(14)12(11)15/h4-6,8,16H,7H2,1-3H3. The van der Waals surface area contributed by atoms with Gasteiger partial charge in [0.05, 0.1) is 34.0 Å². The maximum absolute atomic E-state index is 6.10. The lowest BCUT2D eigenvalue weighted by Crippen LogP contribution is -2.22. The van der Waals surface area contributed by atoms with Crippen LogP contribution in [0, 0.1) is 0 Å². The summed E-state index contributed by atoms with van der Waals surface area (Å²) in [6.07, 6.45) is 1.92. The van der Waals surface area contributed by atoms with E-state index in [-0.39, 0.29) is 5.54 Å². The number of nitrogens with one attached hydrogen (secondary N) is 1. The van der Waals surface area contributed by atoms with E-state index < -0.39 is 0 Å². The number of benzene rings is 1. The lowest BCUT2D eigenvalue weighted by Gasteiger charge is -2.17. The van der Waals surface area contributed by atoms with Gasteiger partial charge in [-0.1, -0.05) is 34.5 Å². The van der Waals surface area contributed by atoms with E-state index in [0.29, 0.717) is 16.6 Å². The molecule has 2 rings (SSSR count). The highest BCUT2D eigenvalue weighted by molar-refractivity contribution is 6.43. The molecule has 1 heterocycles. The third kappa shape index (κ3) is 3.39. The van der Waals surface area contributed by atoms with Crippen molar-refractivity contribution in [3.63, 3.8) is 0 Å². The van der Waals surface area contributed by atoms with Crippen molar-refractivity contribution in [2.45, 2.75) is 32.9 Å². The monoisotopic (exact) mass is 298 g/mol. The van der Waals surface area contributed by atoms with Gasteiger partial charge in [0, 0.05) is 0 Å². The van der Waals surface area contributed by atoms with Gasteiger partial charge in [-0.25, -0.2) is 4.68 Å². The molecule has 0 radical (unpaired) electrons. The van der Waals surface area contributed by atoms with E-state index in [0.717, 1.165) is 11.4 Å². The molecule has 0 fully saturated rings. The first-order chi connectivity index (χ1) is 8.88. The molecule has 1 aromatic carbocycles. The summed E-state index contributed by atoms with van der Waals surface area (Å²) in [5.41, 5.74) is 1.57. The van der Waals surface area contributed by atoms with Gasteiger partial charge in [0.2, 0.25) is 0 Å². The zero-order valence-electron chi connectivity index (χ0n) is 11.1. The summed E-state index contributed by atoms with van der Waals surface area (Å²) in [6.45, 7) is 6.78. The molecule has 0 saturated carbocycles. The summed E-state index contributed by atoms with van der Waals surface area (Å²) in [5, 5.41) is 12.5. The largest absolute Gasteiger partial charge is 0.378 e. The molecule has 4 nitrogen and oxygen atoms in total. The minimum absolute atomic E-state index is 0.0705. The Labute approximate surface area is 122 Å². The fraction of sp³-hybridized carbons (Fsp3) is 0.385. The quantitative estimate of drug-likeness (QED) is 0.933. The summed E-state index contributed by atoms with van der Waals surface area (Å²) in [5.74, 6) is 0. The maximum atomic E-state index is 6.10. The number of hydrogen-bond acceptors (Lipinski definition) is 3. The molecule has 0 aliphatic carbocycles. The van der Waals surface area contributed by atoms with E-state index >= 15 is 0 Å². The molecule has 19 heavy (non-hydrogen) atoms. The van der Waals surface area contributed by atoms with E-state index in [1.807, 2.05) is 23.0 Å². The Bertz CT molecular complexity index is 572. The summed E-state index contributed by atoms with van der Waals surface area (Å²) in [6, 6.07) is 5.48. The Hall–Kier alpha value is -1.26. The molecular formula is C13H16Cl2N4. The Morgan fingerprint density at radius 3 is 2.63 bits per heavy atom. The van der Waals surface area contributed by atoms with Crippen molar-refractivity contribution in [3.8, 4) is 0 Å². The summed E-state index contributed by atoms with van der Waals surface area (Å²) in [7, 11) is 0. The lowest BCUT2D eigenvalue weighted by molar-refractivity contribution is 0.347. The zero-order valence-corrected chi connectivity index (χ0v) is 12.6. The highest BCUT2D eigenvalue weighted by atomic mass is 35.5.